The smallest absolute Gasteiger partial charge is 0.358 e. The zero-order chi connectivity index (χ0) is 12.7. The molecule has 1 fully saturated rings. The van der Waals surface area contributed by atoms with Crippen LogP contribution in [0.2, 0.25) is 0 Å². The Bertz CT molecular complexity index is 596. The van der Waals surface area contributed by atoms with E-state index in [1.807, 2.05) is 0 Å². The van der Waals surface area contributed by atoms with E-state index >= 15 is 0 Å². The van der Waals surface area contributed by atoms with E-state index in [0.29, 0.717) is 11.6 Å². The van der Waals surface area contributed by atoms with E-state index in [1.165, 1.54) is 12.8 Å². The fourth-order valence-corrected chi connectivity index (χ4v) is 1.99. The van der Waals surface area contributed by atoms with Crippen LogP contribution in [0.1, 0.15) is 23.3 Å². The number of hydrogen-bond acceptors (Lipinski definition) is 4. The van der Waals surface area contributed by atoms with Crippen LogP contribution in [-0.2, 0) is 13.6 Å². The number of carboxylic acids is 1. The molecule has 0 radical (unpaired) electrons. The SMILES string of the molecule is Cn1nccc1-c1c(C(=O)O)nnn1CC1CC1. The lowest BCUT2D eigenvalue weighted by Gasteiger charge is -2.06. The van der Waals surface area contributed by atoms with Gasteiger partial charge in [-0.1, -0.05) is 5.21 Å². The van der Waals surface area contributed by atoms with Crippen molar-refractivity contribution in [2.24, 2.45) is 13.0 Å². The van der Waals surface area contributed by atoms with Gasteiger partial charge >= 0.3 is 5.97 Å². The highest BCUT2D eigenvalue weighted by molar-refractivity contribution is 5.92. The number of carboxylic acid groups (broad SMARTS) is 1. The molecule has 1 N–H and O–H groups in total. The number of carbonyl (C=O) groups is 1. The molecule has 2 aromatic heterocycles. The molecule has 2 aromatic rings. The molecule has 0 aromatic carbocycles. The molecular formula is C11H13N5O2. The summed E-state index contributed by atoms with van der Waals surface area (Å²) in [6.45, 7) is 0.723. The first kappa shape index (κ1) is 10.9. The van der Waals surface area contributed by atoms with Crippen molar-refractivity contribution in [3.8, 4) is 11.4 Å². The Morgan fingerprint density at radius 2 is 2.33 bits per heavy atom. The van der Waals surface area contributed by atoms with Gasteiger partial charge in [-0.25, -0.2) is 9.48 Å². The molecule has 1 aliphatic rings. The van der Waals surface area contributed by atoms with Gasteiger partial charge in [0.1, 0.15) is 5.69 Å². The molecule has 7 nitrogen and oxygen atoms in total. The minimum absolute atomic E-state index is 0.0146. The van der Waals surface area contributed by atoms with E-state index in [1.54, 1.807) is 28.7 Å². The summed E-state index contributed by atoms with van der Waals surface area (Å²) in [7, 11) is 1.77. The number of aromatic carboxylic acids is 1. The molecule has 94 valence electrons. The van der Waals surface area contributed by atoms with Gasteiger partial charge in [0.15, 0.2) is 5.69 Å². The molecule has 0 amide bonds. The predicted octanol–water partition coefficient (Wildman–Crippen LogP) is 0.787. The molecule has 0 saturated heterocycles. The van der Waals surface area contributed by atoms with Crippen molar-refractivity contribution in [3.63, 3.8) is 0 Å². The first-order valence-corrected chi connectivity index (χ1v) is 5.82. The Balaban J connectivity index is 2.10. The second-order valence-electron chi connectivity index (χ2n) is 4.56. The standard InChI is InChI=1S/C11H13N5O2/c1-15-8(4-5-12-15)10-9(11(17)18)13-14-16(10)6-7-2-3-7/h4-5,7H,2-3,6H2,1H3,(H,17,18). The van der Waals surface area contributed by atoms with Crippen LogP contribution in [0.15, 0.2) is 12.3 Å². The maximum Gasteiger partial charge on any atom is 0.358 e. The van der Waals surface area contributed by atoms with Gasteiger partial charge in [0.25, 0.3) is 0 Å². The van der Waals surface area contributed by atoms with Crippen LogP contribution in [0, 0.1) is 5.92 Å². The number of aromatic nitrogens is 5. The van der Waals surface area contributed by atoms with Crippen molar-refractivity contribution in [2.75, 3.05) is 0 Å². The molecule has 7 heteroatoms. The van der Waals surface area contributed by atoms with Gasteiger partial charge in [-0.2, -0.15) is 5.10 Å². The van der Waals surface area contributed by atoms with E-state index < -0.39 is 5.97 Å². The molecular weight excluding hydrogens is 234 g/mol. The van der Waals surface area contributed by atoms with Gasteiger partial charge in [0.05, 0.1) is 5.69 Å². The fraction of sp³-hybridized carbons (Fsp3) is 0.455. The van der Waals surface area contributed by atoms with E-state index in [9.17, 15) is 9.90 Å². The largest absolute Gasteiger partial charge is 0.476 e. The monoisotopic (exact) mass is 247 g/mol. The molecule has 0 bridgehead atoms. The highest BCUT2D eigenvalue weighted by Gasteiger charge is 2.28. The van der Waals surface area contributed by atoms with E-state index in [2.05, 4.69) is 15.4 Å². The number of nitrogens with zero attached hydrogens (tertiary/aromatic N) is 5. The first-order chi connectivity index (χ1) is 8.66. The van der Waals surface area contributed by atoms with Gasteiger partial charge in [0, 0.05) is 19.8 Å². The van der Waals surface area contributed by atoms with E-state index in [0.717, 1.165) is 12.2 Å². The van der Waals surface area contributed by atoms with Crippen LogP contribution in [0.4, 0.5) is 0 Å². The van der Waals surface area contributed by atoms with Gasteiger partial charge < -0.3 is 5.11 Å². The Kier molecular flexibility index (Phi) is 2.39. The average molecular weight is 247 g/mol. The highest BCUT2D eigenvalue weighted by atomic mass is 16.4. The maximum atomic E-state index is 11.2. The summed E-state index contributed by atoms with van der Waals surface area (Å²) < 4.78 is 3.31. The summed E-state index contributed by atoms with van der Waals surface area (Å²) in [5.74, 6) is -0.464. The molecule has 3 rings (SSSR count). The normalized spacial score (nSPS) is 14.9. The van der Waals surface area contributed by atoms with Crippen molar-refractivity contribution < 1.29 is 9.90 Å². The fourth-order valence-electron chi connectivity index (χ4n) is 1.99. The molecule has 0 aliphatic heterocycles. The molecule has 0 spiro atoms. The Morgan fingerprint density at radius 1 is 1.56 bits per heavy atom. The van der Waals surface area contributed by atoms with E-state index in [-0.39, 0.29) is 5.69 Å². The lowest BCUT2D eigenvalue weighted by atomic mass is 10.2. The van der Waals surface area contributed by atoms with Crippen molar-refractivity contribution in [1.29, 1.82) is 0 Å². The summed E-state index contributed by atoms with van der Waals surface area (Å²) in [5.41, 5.74) is 1.24. The second-order valence-corrected chi connectivity index (χ2v) is 4.56. The van der Waals surface area contributed by atoms with E-state index in [4.69, 9.17) is 0 Å². The summed E-state index contributed by atoms with van der Waals surface area (Å²) in [4.78, 5) is 11.2. The molecule has 18 heavy (non-hydrogen) atoms. The maximum absolute atomic E-state index is 11.2. The molecule has 1 saturated carbocycles. The predicted molar refractivity (Wildman–Crippen MR) is 61.9 cm³/mol. The van der Waals surface area contributed by atoms with Crippen molar-refractivity contribution in [1.82, 2.24) is 24.8 Å². The number of aryl methyl sites for hydroxylation is 1. The number of rotatable bonds is 4. The third-order valence-corrected chi connectivity index (χ3v) is 3.13. The Labute approximate surface area is 103 Å². The van der Waals surface area contributed by atoms with Gasteiger partial charge in [-0.15, -0.1) is 5.10 Å². The minimum Gasteiger partial charge on any atom is -0.476 e. The topological polar surface area (TPSA) is 85.8 Å². The van der Waals surface area contributed by atoms with Crippen molar-refractivity contribution in [3.05, 3.63) is 18.0 Å². The van der Waals surface area contributed by atoms with Crippen LogP contribution >= 0.6 is 0 Å². The lowest BCUT2D eigenvalue weighted by molar-refractivity contribution is 0.0691. The number of hydrogen-bond donors (Lipinski definition) is 1. The van der Waals surface area contributed by atoms with Gasteiger partial charge in [-0.3, -0.25) is 4.68 Å². The van der Waals surface area contributed by atoms with Gasteiger partial charge in [0.2, 0.25) is 0 Å². The van der Waals surface area contributed by atoms with Crippen LogP contribution in [0.25, 0.3) is 11.4 Å². The zero-order valence-corrected chi connectivity index (χ0v) is 9.94. The van der Waals surface area contributed by atoms with Crippen LogP contribution in [0.3, 0.4) is 0 Å². The van der Waals surface area contributed by atoms with Gasteiger partial charge in [-0.05, 0) is 24.8 Å². The molecule has 0 atom stereocenters. The highest BCUT2D eigenvalue weighted by Crippen LogP contribution is 2.32. The van der Waals surface area contributed by atoms with Crippen LogP contribution < -0.4 is 0 Å². The Morgan fingerprint density at radius 3 is 2.89 bits per heavy atom. The van der Waals surface area contributed by atoms with Crippen LogP contribution in [0.5, 0.6) is 0 Å². The quantitative estimate of drug-likeness (QED) is 0.863. The Hall–Kier alpha value is -2.18. The minimum atomic E-state index is -1.06. The summed E-state index contributed by atoms with van der Waals surface area (Å²) in [6, 6.07) is 1.77. The van der Waals surface area contributed by atoms with Crippen molar-refractivity contribution >= 4 is 5.97 Å². The summed E-state index contributed by atoms with van der Waals surface area (Å²) >= 11 is 0. The summed E-state index contributed by atoms with van der Waals surface area (Å²) in [5, 5.41) is 21.0. The van der Waals surface area contributed by atoms with Crippen molar-refractivity contribution in [2.45, 2.75) is 19.4 Å². The first-order valence-electron chi connectivity index (χ1n) is 5.82. The molecule has 1 aliphatic carbocycles. The average Bonchev–Trinajstić information content (AvgIpc) is 2.87. The molecule has 0 unspecified atom stereocenters. The second kappa shape index (κ2) is 3.94. The van der Waals surface area contributed by atoms with Crippen LogP contribution in [-0.4, -0.2) is 35.9 Å². The third kappa shape index (κ3) is 1.77. The zero-order valence-electron chi connectivity index (χ0n) is 9.94. The third-order valence-electron chi connectivity index (χ3n) is 3.13. The molecule has 2 heterocycles. The summed E-state index contributed by atoms with van der Waals surface area (Å²) in [6.07, 6.45) is 3.98. The lowest BCUT2D eigenvalue weighted by Crippen LogP contribution is -2.08.